The number of methoxy groups -OCH3 is 1. The highest BCUT2D eigenvalue weighted by molar-refractivity contribution is 5.96. The number of hydrogen-bond donors (Lipinski definition) is 2. The number of ether oxygens (including phenoxy) is 1. The van der Waals surface area contributed by atoms with Crippen molar-refractivity contribution in [2.75, 3.05) is 18.2 Å². The number of nitrogens with two attached hydrogens (primary N) is 1. The Labute approximate surface area is 116 Å². The number of hydrogen-bond acceptors (Lipinski definition) is 4. The average Bonchev–Trinajstić information content (AvgIpc) is 2.43. The number of anilines is 3. The average molecular weight is 274 g/mol. The van der Waals surface area contributed by atoms with Gasteiger partial charge in [0.15, 0.2) is 0 Å². The van der Waals surface area contributed by atoms with Crippen LogP contribution in [-0.2, 0) is 4.74 Å². The fourth-order valence-corrected chi connectivity index (χ4v) is 1.84. The second-order valence-electron chi connectivity index (χ2n) is 4.38. The van der Waals surface area contributed by atoms with Gasteiger partial charge in [-0.05, 0) is 48.9 Å². The first-order valence-corrected chi connectivity index (χ1v) is 6.02. The van der Waals surface area contributed by atoms with Gasteiger partial charge >= 0.3 is 5.97 Å². The van der Waals surface area contributed by atoms with E-state index in [1.54, 1.807) is 31.2 Å². The Morgan fingerprint density at radius 3 is 2.65 bits per heavy atom. The lowest BCUT2D eigenvalue weighted by Crippen LogP contribution is -2.06. The van der Waals surface area contributed by atoms with E-state index in [0.29, 0.717) is 11.4 Å². The zero-order chi connectivity index (χ0) is 14.7. The van der Waals surface area contributed by atoms with E-state index in [1.807, 2.05) is 0 Å². The lowest BCUT2D eigenvalue weighted by atomic mass is 10.1. The molecule has 0 aromatic heterocycles. The van der Waals surface area contributed by atoms with Crippen LogP contribution in [0, 0.1) is 12.7 Å². The van der Waals surface area contributed by atoms with E-state index in [-0.39, 0.29) is 11.4 Å². The summed E-state index contributed by atoms with van der Waals surface area (Å²) >= 11 is 0. The molecule has 2 rings (SSSR count). The Kier molecular flexibility index (Phi) is 3.89. The van der Waals surface area contributed by atoms with Crippen LogP contribution in [-0.4, -0.2) is 13.1 Å². The van der Waals surface area contributed by atoms with E-state index in [2.05, 4.69) is 10.1 Å². The minimum Gasteiger partial charge on any atom is -0.465 e. The van der Waals surface area contributed by atoms with Crippen LogP contribution in [0.5, 0.6) is 0 Å². The number of nitrogens with one attached hydrogen (secondary N) is 1. The first-order chi connectivity index (χ1) is 9.51. The summed E-state index contributed by atoms with van der Waals surface area (Å²) in [5.74, 6) is -0.789. The zero-order valence-corrected chi connectivity index (χ0v) is 11.2. The van der Waals surface area contributed by atoms with Gasteiger partial charge in [-0.1, -0.05) is 0 Å². The topological polar surface area (TPSA) is 64.3 Å². The van der Waals surface area contributed by atoms with Crippen LogP contribution in [0.2, 0.25) is 0 Å². The van der Waals surface area contributed by atoms with Crippen molar-refractivity contribution in [1.29, 1.82) is 0 Å². The molecule has 0 unspecified atom stereocenters. The van der Waals surface area contributed by atoms with E-state index in [4.69, 9.17) is 5.73 Å². The molecular weight excluding hydrogens is 259 g/mol. The van der Waals surface area contributed by atoms with Crippen LogP contribution in [0.15, 0.2) is 36.4 Å². The summed E-state index contributed by atoms with van der Waals surface area (Å²) in [6, 6.07) is 9.40. The maximum absolute atomic E-state index is 13.0. The summed E-state index contributed by atoms with van der Waals surface area (Å²) in [4.78, 5) is 11.6. The standard InChI is InChI=1S/C15H15FN2O2/c1-9-7-10(16)3-6-14(9)18-11-4-5-13(17)12(8-11)15(19)20-2/h3-8,18H,17H2,1-2H3. The van der Waals surface area contributed by atoms with Gasteiger partial charge in [-0.25, -0.2) is 9.18 Å². The fourth-order valence-electron chi connectivity index (χ4n) is 1.84. The van der Waals surface area contributed by atoms with Gasteiger partial charge in [0.05, 0.1) is 12.7 Å². The van der Waals surface area contributed by atoms with Crippen LogP contribution >= 0.6 is 0 Å². The molecule has 0 spiro atoms. The van der Waals surface area contributed by atoms with Gasteiger partial charge in [-0.3, -0.25) is 0 Å². The highest BCUT2D eigenvalue weighted by Gasteiger charge is 2.11. The molecule has 3 N–H and O–H groups in total. The van der Waals surface area contributed by atoms with Gasteiger partial charge in [-0.15, -0.1) is 0 Å². The molecule has 4 nitrogen and oxygen atoms in total. The maximum atomic E-state index is 13.0. The molecule has 5 heteroatoms. The van der Waals surface area contributed by atoms with Crippen LogP contribution in [0.3, 0.4) is 0 Å². The van der Waals surface area contributed by atoms with Crippen LogP contribution in [0.1, 0.15) is 15.9 Å². The summed E-state index contributed by atoms with van der Waals surface area (Å²) in [5.41, 5.74) is 8.56. The molecule has 0 amide bonds. The monoisotopic (exact) mass is 274 g/mol. The molecule has 0 bridgehead atoms. The first kappa shape index (κ1) is 13.9. The molecule has 0 saturated carbocycles. The molecule has 0 radical (unpaired) electrons. The number of aryl methyl sites for hydroxylation is 1. The quantitative estimate of drug-likeness (QED) is 0.666. The van der Waals surface area contributed by atoms with Crippen LogP contribution in [0.4, 0.5) is 21.5 Å². The molecule has 0 aliphatic carbocycles. The largest absolute Gasteiger partial charge is 0.465 e. The number of benzene rings is 2. The Bertz CT molecular complexity index is 656. The molecule has 2 aromatic rings. The molecule has 20 heavy (non-hydrogen) atoms. The van der Waals surface area contributed by atoms with E-state index >= 15 is 0 Å². The van der Waals surface area contributed by atoms with E-state index in [9.17, 15) is 9.18 Å². The third kappa shape index (κ3) is 2.88. The van der Waals surface area contributed by atoms with Crippen molar-refractivity contribution in [3.63, 3.8) is 0 Å². The highest BCUT2D eigenvalue weighted by atomic mass is 19.1. The number of nitrogen functional groups attached to an aromatic ring is 1. The fraction of sp³-hybridized carbons (Fsp3) is 0.133. The number of halogens is 1. The molecule has 0 aliphatic heterocycles. The summed E-state index contributed by atoms with van der Waals surface area (Å²) in [5, 5.41) is 3.12. The van der Waals surface area contributed by atoms with Crippen molar-refractivity contribution < 1.29 is 13.9 Å². The van der Waals surface area contributed by atoms with Crippen molar-refractivity contribution in [3.05, 3.63) is 53.3 Å². The SMILES string of the molecule is COC(=O)c1cc(Nc2ccc(F)cc2C)ccc1N. The highest BCUT2D eigenvalue weighted by Crippen LogP contribution is 2.24. The molecule has 2 aromatic carbocycles. The summed E-state index contributed by atoms with van der Waals surface area (Å²) in [6.07, 6.45) is 0. The molecule has 0 saturated heterocycles. The molecule has 0 heterocycles. The van der Waals surface area contributed by atoms with Gasteiger partial charge in [0, 0.05) is 17.1 Å². The smallest absolute Gasteiger partial charge is 0.340 e. The number of carbonyl (C=O) groups excluding carboxylic acids is 1. The summed E-state index contributed by atoms with van der Waals surface area (Å²) < 4.78 is 17.7. The lowest BCUT2D eigenvalue weighted by molar-refractivity contribution is 0.0602. The van der Waals surface area contributed by atoms with E-state index < -0.39 is 5.97 Å². The Morgan fingerprint density at radius 2 is 2.00 bits per heavy atom. The predicted octanol–water partition coefficient (Wildman–Crippen LogP) is 3.25. The zero-order valence-electron chi connectivity index (χ0n) is 11.2. The van der Waals surface area contributed by atoms with Gasteiger partial charge in [0.1, 0.15) is 5.82 Å². The molecule has 0 atom stereocenters. The Morgan fingerprint density at radius 1 is 1.25 bits per heavy atom. The normalized spacial score (nSPS) is 10.2. The van der Waals surface area contributed by atoms with E-state index in [1.165, 1.54) is 19.2 Å². The lowest BCUT2D eigenvalue weighted by Gasteiger charge is -2.11. The van der Waals surface area contributed by atoms with Crippen LogP contribution in [0.25, 0.3) is 0 Å². The van der Waals surface area contributed by atoms with Crippen molar-refractivity contribution in [2.45, 2.75) is 6.92 Å². The summed E-state index contributed by atoms with van der Waals surface area (Å²) in [7, 11) is 1.30. The van der Waals surface area contributed by atoms with E-state index in [0.717, 1.165) is 11.3 Å². The second-order valence-corrected chi connectivity index (χ2v) is 4.38. The van der Waals surface area contributed by atoms with Crippen molar-refractivity contribution in [2.24, 2.45) is 0 Å². The number of esters is 1. The van der Waals surface area contributed by atoms with Gasteiger partial charge in [0.2, 0.25) is 0 Å². The minimum absolute atomic E-state index is 0.289. The number of carbonyl (C=O) groups is 1. The minimum atomic E-state index is -0.498. The molecule has 104 valence electrons. The molecule has 0 aliphatic rings. The summed E-state index contributed by atoms with van der Waals surface area (Å²) in [6.45, 7) is 1.80. The second kappa shape index (κ2) is 5.61. The third-order valence-corrected chi connectivity index (χ3v) is 2.93. The molecule has 0 fully saturated rings. The number of rotatable bonds is 3. The van der Waals surface area contributed by atoms with Gasteiger partial charge < -0.3 is 15.8 Å². The maximum Gasteiger partial charge on any atom is 0.340 e. The predicted molar refractivity (Wildman–Crippen MR) is 76.6 cm³/mol. The van der Waals surface area contributed by atoms with Crippen molar-refractivity contribution >= 4 is 23.0 Å². The Hall–Kier alpha value is -2.56. The Balaban J connectivity index is 2.32. The third-order valence-electron chi connectivity index (χ3n) is 2.93. The van der Waals surface area contributed by atoms with Crippen molar-refractivity contribution in [1.82, 2.24) is 0 Å². The van der Waals surface area contributed by atoms with Gasteiger partial charge in [0.25, 0.3) is 0 Å². The first-order valence-electron chi connectivity index (χ1n) is 6.02. The van der Waals surface area contributed by atoms with Crippen LogP contribution < -0.4 is 11.1 Å². The van der Waals surface area contributed by atoms with Crippen molar-refractivity contribution in [3.8, 4) is 0 Å². The van der Waals surface area contributed by atoms with Gasteiger partial charge in [-0.2, -0.15) is 0 Å². The molecular formula is C15H15FN2O2.